The Morgan fingerprint density at radius 1 is 0.957 bits per heavy atom. The van der Waals surface area contributed by atoms with E-state index in [1.807, 2.05) is 32.0 Å². The molecule has 1 atom stereocenters. The lowest BCUT2D eigenvalue weighted by Gasteiger charge is -2.37. The van der Waals surface area contributed by atoms with Gasteiger partial charge in [0, 0.05) is 33.8 Å². The number of carbonyl (C=O) groups excluding carboxylic acids is 3. The molecule has 4 aromatic carbocycles. The standard InChI is InChI=1S/C30H28ClN3O5.C7H8/c1-30(2)14-21-25(24(36)15-30)27(19-12-11-18(39-3)13-20(19)31)34(22-5-4-6-23(35)26(22)33-21)29(38)17-9-7-16(8-10-17)28(32)37;1-7-5-3-2-4-6-7/h4-13,27,33,35H,14-15H2,1-3H3,(H2,32,37);2-6H,1H3. The number of phenols is 1. The Kier molecular flexibility index (Phi) is 9.21. The van der Waals surface area contributed by atoms with Gasteiger partial charge in [0.1, 0.15) is 17.2 Å². The summed E-state index contributed by atoms with van der Waals surface area (Å²) in [4.78, 5) is 41.3. The molecule has 46 heavy (non-hydrogen) atoms. The number of rotatable bonds is 4. The number of nitrogens with one attached hydrogen (secondary N) is 1. The Balaban J connectivity index is 0.000000527. The van der Waals surface area contributed by atoms with E-state index in [0.29, 0.717) is 45.4 Å². The van der Waals surface area contributed by atoms with Crippen molar-refractivity contribution in [3.8, 4) is 11.5 Å². The number of nitrogens with zero attached hydrogens (tertiary/aromatic N) is 1. The van der Waals surface area contributed by atoms with E-state index in [1.54, 1.807) is 30.3 Å². The predicted octanol–water partition coefficient (Wildman–Crippen LogP) is 7.60. The third kappa shape index (κ3) is 6.62. The molecule has 4 N–H and O–H groups in total. The molecule has 0 saturated heterocycles. The van der Waals surface area contributed by atoms with E-state index >= 15 is 0 Å². The molecule has 2 aliphatic rings. The van der Waals surface area contributed by atoms with Gasteiger partial charge in [-0.05, 0) is 72.9 Å². The highest BCUT2D eigenvalue weighted by atomic mass is 35.5. The molecule has 1 aliphatic carbocycles. The second kappa shape index (κ2) is 13.1. The van der Waals surface area contributed by atoms with Crippen LogP contribution in [-0.2, 0) is 4.79 Å². The van der Waals surface area contributed by atoms with Gasteiger partial charge in [0.15, 0.2) is 5.78 Å². The van der Waals surface area contributed by atoms with Crippen LogP contribution in [0.15, 0.2) is 102 Å². The van der Waals surface area contributed by atoms with Crippen molar-refractivity contribution in [2.45, 2.75) is 39.7 Å². The van der Waals surface area contributed by atoms with Gasteiger partial charge in [0.2, 0.25) is 5.91 Å². The number of carbonyl (C=O) groups is 3. The molecule has 236 valence electrons. The van der Waals surface area contributed by atoms with Crippen LogP contribution in [0.5, 0.6) is 11.5 Å². The SMILES string of the molecule is COc1ccc(C2C3=C(CC(C)(C)CC3=O)Nc3c(O)cccc3N2C(=O)c2ccc(C(N)=O)cc2)c(Cl)c1.Cc1ccccc1. The lowest BCUT2D eigenvalue weighted by atomic mass is 9.73. The van der Waals surface area contributed by atoms with Gasteiger partial charge in [-0.2, -0.15) is 0 Å². The quantitative estimate of drug-likeness (QED) is 0.198. The first-order valence-corrected chi connectivity index (χ1v) is 15.2. The number of Topliss-reactive ketones (excluding diaryl/α,β-unsaturated/α-hetero) is 1. The van der Waals surface area contributed by atoms with Crippen molar-refractivity contribution >= 4 is 40.6 Å². The van der Waals surface area contributed by atoms with Gasteiger partial charge < -0.3 is 20.9 Å². The summed E-state index contributed by atoms with van der Waals surface area (Å²) < 4.78 is 5.34. The van der Waals surface area contributed by atoms with Crippen LogP contribution in [0.1, 0.15) is 64.6 Å². The number of hydrogen-bond acceptors (Lipinski definition) is 6. The van der Waals surface area contributed by atoms with Crippen molar-refractivity contribution in [1.82, 2.24) is 0 Å². The summed E-state index contributed by atoms with van der Waals surface area (Å²) in [6, 6.07) is 25.3. The zero-order valence-corrected chi connectivity index (χ0v) is 26.9. The molecule has 0 bridgehead atoms. The minimum atomic E-state index is -0.916. The number of allylic oxidation sites excluding steroid dienone is 1. The molecular weight excluding hydrogens is 602 g/mol. The van der Waals surface area contributed by atoms with Crippen molar-refractivity contribution in [2.24, 2.45) is 11.1 Å². The zero-order valence-electron chi connectivity index (χ0n) is 26.1. The van der Waals surface area contributed by atoms with E-state index in [4.69, 9.17) is 22.1 Å². The second-order valence-electron chi connectivity index (χ2n) is 12.2. The number of aryl methyl sites for hydroxylation is 1. The van der Waals surface area contributed by atoms with Crippen LogP contribution in [0.2, 0.25) is 5.02 Å². The number of benzene rings is 4. The van der Waals surface area contributed by atoms with Gasteiger partial charge in [-0.1, -0.05) is 73.5 Å². The van der Waals surface area contributed by atoms with Crippen LogP contribution in [0.3, 0.4) is 0 Å². The number of ketones is 1. The third-order valence-corrected chi connectivity index (χ3v) is 8.41. The fraction of sp³-hybridized carbons (Fsp3) is 0.216. The number of methoxy groups -OCH3 is 1. The van der Waals surface area contributed by atoms with E-state index in [2.05, 4.69) is 24.4 Å². The van der Waals surface area contributed by atoms with Gasteiger partial charge in [-0.25, -0.2) is 0 Å². The Hall–Kier alpha value is -5.08. The van der Waals surface area contributed by atoms with E-state index in [9.17, 15) is 19.5 Å². The van der Waals surface area contributed by atoms with Crippen molar-refractivity contribution in [3.05, 3.63) is 130 Å². The number of para-hydroxylation sites is 1. The molecule has 2 amide bonds. The summed E-state index contributed by atoms with van der Waals surface area (Å²) in [5, 5.41) is 14.5. The number of hydrogen-bond donors (Lipinski definition) is 3. The molecule has 8 nitrogen and oxygen atoms in total. The highest BCUT2D eigenvalue weighted by Gasteiger charge is 2.44. The molecule has 6 rings (SSSR count). The summed E-state index contributed by atoms with van der Waals surface area (Å²) >= 11 is 6.79. The van der Waals surface area contributed by atoms with Crippen LogP contribution in [-0.4, -0.2) is 29.8 Å². The fourth-order valence-corrected chi connectivity index (χ4v) is 6.14. The smallest absolute Gasteiger partial charge is 0.259 e. The van der Waals surface area contributed by atoms with Crippen LogP contribution in [0.25, 0.3) is 0 Å². The normalized spacial score (nSPS) is 16.6. The topological polar surface area (TPSA) is 122 Å². The first-order valence-electron chi connectivity index (χ1n) is 14.8. The average molecular weight is 638 g/mol. The molecule has 0 radical (unpaired) electrons. The number of amides is 2. The molecule has 0 fully saturated rings. The van der Waals surface area contributed by atoms with Crippen LogP contribution in [0.4, 0.5) is 11.4 Å². The maximum Gasteiger partial charge on any atom is 0.259 e. The number of ether oxygens (including phenoxy) is 1. The van der Waals surface area contributed by atoms with Gasteiger partial charge in [-0.3, -0.25) is 19.3 Å². The van der Waals surface area contributed by atoms with Crippen molar-refractivity contribution in [3.63, 3.8) is 0 Å². The van der Waals surface area contributed by atoms with Crippen molar-refractivity contribution in [1.29, 1.82) is 0 Å². The molecule has 0 aromatic heterocycles. The van der Waals surface area contributed by atoms with Crippen LogP contribution in [0, 0.1) is 12.3 Å². The summed E-state index contributed by atoms with van der Waals surface area (Å²) in [6.07, 6.45) is 0.789. The monoisotopic (exact) mass is 637 g/mol. The van der Waals surface area contributed by atoms with Gasteiger partial charge >= 0.3 is 0 Å². The summed E-state index contributed by atoms with van der Waals surface area (Å²) in [7, 11) is 1.53. The molecule has 0 spiro atoms. The number of phenolic OH excluding ortho intramolecular Hbond substituents is 1. The van der Waals surface area contributed by atoms with Crippen LogP contribution >= 0.6 is 11.6 Å². The first kappa shape index (κ1) is 32.3. The lowest BCUT2D eigenvalue weighted by Crippen LogP contribution is -2.39. The predicted molar refractivity (Wildman–Crippen MR) is 180 cm³/mol. The van der Waals surface area contributed by atoms with Gasteiger partial charge in [0.05, 0.1) is 18.8 Å². The number of anilines is 2. The summed E-state index contributed by atoms with van der Waals surface area (Å²) in [5.74, 6) is -0.739. The first-order chi connectivity index (χ1) is 21.9. The Bertz CT molecular complexity index is 1830. The van der Waals surface area contributed by atoms with E-state index < -0.39 is 17.9 Å². The lowest BCUT2D eigenvalue weighted by molar-refractivity contribution is -0.118. The van der Waals surface area contributed by atoms with Gasteiger partial charge in [-0.15, -0.1) is 0 Å². The average Bonchev–Trinajstić information content (AvgIpc) is 3.16. The minimum absolute atomic E-state index is 0.0708. The molecular formula is C37H36ClN3O5. The van der Waals surface area contributed by atoms with E-state index in [-0.39, 0.29) is 34.5 Å². The number of aromatic hydroxyl groups is 1. The number of primary amides is 1. The summed E-state index contributed by atoms with van der Waals surface area (Å²) in [5.41, 5.74) is 9.12. The highest BCUT2D eigenvalue weighted by Crippen LogP contribution is 2.51. The maximum atomic E-state index is 14.3. The van der Waals surface area contributed by atoms with Crippen molar-refractivity contribution in [2.75, 3.05) is 17.3 Å². The minimum Gasteiger partial charge on any atom is -0.506 e. The Morgan fingerprint density at radius 2 is 1.63 bits per heavy atom. The number of fused-ring (bicyclic) bond motifs is 1. The fourth-order valence-electron chi connectivity index (χ4n) is 5.87. The molecule has 1 heterocycles. The molecule has 0 saturated carbocycles. The maximum absolute atomic E-state index is 14.3. The van der Waals surface area contributed by atoms with Gasteiger partial charge in [0.25, 0.3) is 5.91 Å². The second-order valence-corrected chi connectivity index (χ2v) is 12.6. The Morgan fingerprint density at radius 3 is 2.22 bits per heavy atom. The highest BCUT2D eigenvalue weighted by molar-refractivity contribution is 6.32. The van der Waals surface area contributed by atoms with E-state index in [1.165, 1.54) is 47.9 Å². The molecule has 1 aliphatic heterocycles. The molecule has 1 unspecified atom stereocenters. The molecule has 9 heteroatoms. The zero-order chi connectivity index (χ0) is 33.2. The van der Waals surface area contributed by atoms with Crippen molar-refractivity contribution < 1.29 is 24.2 Å². The van der Waals surface area contributed by atoms with Crippen LogP contribution < -0.4 is 20.7 Å². The molecule has 4 aromatic rings. The Labute approximate surface area is 273 Å². The number of halogens is 1. The summed E-state index contributed by atoms with van der Waals surface area (Å²) in [6.45, 7) is 6.09. The third-order valence-electron chi connectivity index (χ3n) is 8.09. The largest absolute Gasteiger partial charge is 0.506 e. The van der Waals surface area contributed by atoms with E-state index in [0.717, 1.165) is 0 Å². The number of nitrogens with two attached hydrogens (primary N) is 1.